The summed E-state index contributed by atoms with van der Waals surface area (Å²) in [7, 11) is 0. The van der Waals surface area contributed by atoms with E-state index in [0.29, 0.717) is 0 Å². The number of hydrogen-bond donors (Lipinski definition) is 0. The Labute approximate surface area is 108 Å². The first-order valence-corrected chi connectivity index (χ1v) is 0. The fourth-order valence-corrected chi connectivity index (χ4v) is 0. The maximum atomic E-state index is 0. The molecule has 0 aliphatic carbocycles. The molecule has 0 rings (SSSR count). The van der Waals surface area contributed by atoms with E-state index in [-0.39, 0.29) is 111 Å². The third-order valence-electron chi connectivity index (χ3n) is 0. The van der Waals surface area contributed by atoms with Crippen molar-refractivity contribution in [3.63, 3.8) is 0 Å². The van der Waals surface area contributed by atoms with E-state index < -0.39 is 0 Å². The van der Waals surface area contributed by atoms with Crippen molar-refractivity contribution >= 4 is 38.3 Å². The quantitative estimate of drug-likeness (QED) is 0.271. The molecule has 0 nitrogen and oxygen atoms in total. The van der Waals surface area contributed by atoms with E-state index in [2.05, 4.69) is 0 Å². The number of rotatable bonds is 0. The van der Waals surface area contributed by atoms with Gasteiger partial charge in [0.25, 0.3) is 0 Å². The van der Waals surface area contributed by atoms with Crippen LogP contribution in [0.5, 0.6) is 0 Å². The standard InChI is InChI=1S/Cd.Cr.Hg.Pb.H4Si.2H/h;;;;1H4;;. The summed E-state index contributed by atoms with van der Waals surface area (Å²) in [5.41, 5.74) is 0. The minimum Gasteiger partial charge on any atom is -0.0149 e. The molecule has 0 aromatic heterocycles. The molecule has 0 aliphatic rings. The van der Waals surface area contributed by atoms with E-state index in [1.807, 2.05) is 0 Å². The zero-order valence-electron chi connectivity index (χ0n) is 2.53. The van der Waals surface area contributed by atoms with Crippen LogP contribution >= 0.6 is 0 Å². The van der Waals surface area contributed by atoms with Gasteiger partial charge in [-0.05, 0) is 11.0 Å². The topological polar surface area (TPSA) is 0 Å². The summed E-state index contributed by atoms with van der Waals surface area (Å²) in [5, 5.41) is 0. The van der Waals surface area contributed by atoms with E-state index in [1.165, 1.54) is 0 Å². The molecule has 0 bridgehead atoms. The smallest absolute Gasteiger partial charge is 0.0149 e. The first-order valence-electron chi connectivity index (χ1n) is 0. The Morgan fingerprint density at radius 1 is 1.00 bits per heavy atom. The Balaban J connectivity index is 0. The molecule has 0 aromatic carbocycles. The third kappa shape index (κ3) is 18.5. The first kappa shape index (κ1) is 38.8. The largest absolute Gasteiger partial charge is 0.0149 e. The van der Waals surface area contributed by atoms with Gasteiger partial charge in [0.05, 0.1) is 0 Å². The normalized spacial score (nSPS) is 0. The van der Waals surface area contributed by atoms with Gasteiger partial charge in [-0.1, -0.05) is 0 Å². The summed E-state index contributed by atoms with van der Waals surface area (Å²) in [6.07, 6.45) is 0. The Morgan fingerprint density at radius 3 is 1.00 bits per heavy atom. The summed E-state index contributed by atoms with van der Waals surface area (Å²) in [5.74, 6) is 0. The van der Waals surface area contributed by atoms with Crippen LogP contribution < -0.4 is 0 Å². The molecule has 0 heterocycles. The Kier molecular flexibility index (Phi) is 200. The van der Waals surface area contributed by atoms with Crippen LogP contribution in [0.3, 0.4) is 0 Å². The van der Waals surface area contributed by atoms with E-state index in [4.69, 9.17) is 0 Å². The van der Waals surface area contributed by atoms with E-state index in [9.17, 15) is 0 Å². The van der Waals surface area contributed by atoms with Gasteiger partial charge in [-0.25, -0.2) is 0 Å². The average Bonchev–Trinajstić information content (AvgIpc) is 0. The third-order valence-corrected chi connectivity index (χ3v) is 0. The second-order valence-electron chi connectivity index (χ2n) is 0. The molecular formula is H6CdCrHgPbSi. The van der Waals surface area contributed by atoms with Crippen molar-refractivity contribution < 1.29 is 72.3 Å². The minimum atomic E-state index is 0. The van der Waals surface area contributed by atoms with Crippen LogP contribution in [0.25, 0.3) is 0 Å². The fraction of sp³-hybridized carbons (Fsp3) is 0. The molecule has 5 heteroatoms. The summed E-state index contributed by atoms with van der Waals surface area (Å²) in [4.78, 5) is 0. The molecule has 0 spiro atoms. The molecule has 0 saturated heterocycles. The maximum absolute atomic E-state index is 0. The van der Waals surface area contributed by atoms with Crippen molar-refractivity contribution in [1.82, 2.24) is 0 Å². The van der Waals surface area contributed by atoms with E-state index in [1.54, 1.807) is 0 Å². The van der Waals surface area contributed by atoms with Crippen molar-refractivity contribution in [3.8, 4) is 0 Å². The molecule has 0 saturated carbocycles. The maximum Gasteiger partial charge on any atom is -0.0149 e. The summed E-state index contributed by atoms with van der Waals surface area (Å²) in [6, 6.07) is 0. The summed E-state index contributed by atoms with van der Waals surface area (Å²) in [6.45, 7) is 0. The molecule has 2 radical (unpaired) electrons. The molecule has 0 aliphatic heterocycles. The zero-order valence-corrected chi connectivity index (χ0v) is 18.8. The van der Waals surface area contributed by atoms with Crippen molar-refractivity contribution in [2.45, 2.75) is 0 Å². The monoisotopic (exact) mass is 610 g/mol. The summed E-state index contributed by atoms with van der Waals surface area (Å²) < 4.78 is 0. The van der Waals surface area contributed by atoms with Crippen LogP contribution in [0.2, 0.25) is 0 Å². The molecule has 0 N–H and O–H groups in total. The molecule has 24 valence electrons. The average molecular weight is 606 g/mol. The van der Waals surface area contributed by atoms with Gasteiger partial charge in [0.15, 0.2) is 0 Å². The van der Waals surface area contributed by atoms with Crippen molar-refractivity contribution in [2.24, 2.45) is 0 Å². The molecular weight excluding hydrogens is 600 g/mol. The predicted molar refractivity (Wildman–Crippen MR) is 19.9 cm³/mol. The second kappa shape index (κ2) is 25.8. The first-order chi connectivity index (χ1) is 0. The van der Waals surface area contributed by atoms with Gasteiger partial charge in [0, 0.05) is 72.3 Å². The van der Waals surface area contributed by atoms with Crippen molar-refractivity contribution in [2.75, 3.05) is 0 Å². The van der Waals surface area contributed by atoms with Gasteiger partial charge in [-0.15, -0.1) is 0 Å². The van der Waals surface area contributed by atoms with Gasteiger partial charge >= 0.3 is 27.3 Å². The van der Waals surface area contributed by atoms with Crippen molar-refractivity contribution in [3.05, 3.63) is 0 Å². The SMILES string of the molecule is [Cd].[Cr].[Hg].[PbH2].[SiH4]. The molecule has 0 atom stereocenters. The van der Waals surface area contributed by atoms with Crippen LogP contribution in [0.1, 0.15) is 0 Å². The molecule has 0 fully saturated rings. The van der Waals surface area contributed by atoms with Gasteiger partial charge in [-0.2, -0.15) is 0 Å². The van der Waals surface area contributed by atoms with E-state index >= 15 is 0 Å². The Morgan fingerprint density at radius 2 is 1.00 bits per heavy atom. The van der Waals surface area contributed by atoms with Gasteiger partial charge in [0.2, 0.25) is 0 Å². The Hall–Kier alpha value is 3.53. The van der Waals surface area contributed by atoms with Gasteiger partial charge < -0.3 is 0 Å². The molecule has 0 unspecified atom stereocenters. The van der Waals surface area contributed by atoms with Crippen LogP contribution in [-0.2, 0) is 72.3 Å². The van der Waals surface area contributed by atoms with Gasteiger partial charge in [-0.3, -0.25) is 0 Å². The van der Waals surface area contributed by atoms with Crippen molar-refractivity contribution in [1.29, 1.82) is 0 Å². The van der Waals surface area contributed by atoms with Crippen LogP contribution in [0.15, 0.2) is 0 Å². The predicted octanol–water partition coefficient (Wildman–Crippen LogP) is -2.38. The molecule has 0 amide bonds. The zero-order chi connectivity index (χ0) is 0. The van der Waals surface area contributed by atoms with Gasteiger partial charge in [0.1, 0.15) is 0 Å². The minimum absolute atomic E-state index is 0. The van der Waals surface area contributed by atoms with E-state index in [0.717, 1.165) is 0 Å². The second-order valence-corrected chi connectivity index (χ2v) is 0. The molecule has 5 heavy (non-hydrogen) atoms. The summed E-state index contributed by atoms with van der Waals surface area (Å²) >= 11 is 0. The van der Waals surface area contributed by atoms with Crippen LogP contribution in [0.4, 0.5) is 0 Å². The van der Waals surface area contributed by atoms with Crippen LogP contribution in [0, 0.1) is 0 Å². The number of hydrogen-bond acceptors (Lipinski definition) is 0. The van der Waals surface area contributed by atoms with Crippen LogP contribution in [-0.4, -0.2) is 38.3 Å². The molecule has 0 aromatic rings. The Bertz CT molecular complexity index is 11.6. The fourth-order valence-electron chi connectivity index (χ4n) is 0.